The van der Waals surface area contributed by atoms with Crippen LogP contribution >= 0.6 is 30.9 Å². The maximum atomic E-state index is 15.2. The molecule has 22 nitrogen and oxygen atoms in total. The predicted octanol–water partition coefficient (Wildman–Crippen LogP) is 0.141. The van der Waals surface area contributed by atoms with Gasteiger partial charge in [-0.25, -0.2) is 14.6 Å². The SMILES string of the molecule is C[C@H](NC(=O)[C@@H]1C[C@@H](O)CN1C(=O)CCCC(=O)O)C(=O)N[C@@H](CO)C(=O)N[C@H](C(=O)N[C@@H](CCC(N)=O)C(=O)Nc1ccc(COP(N)(=O)N(CCCl)CCCl)c(F)c1)C1CCCCC1. The number of rotatable bonds is 27. The van der Waals surface area contributed by atoms with E-state index in [-0.39, 0.29) is 81.2 Å². The van der Waals surface area contributed by atoms with Gasteiger partial charge in [0.1, 0.15) is 36.0 Å². The number of nitrogens with one attached hydrogen (secondary N) is 5. The summed E-state index contributed by atoms with van der Waals surface area (Å²) in [5.74, 6) is -8.04. The van der Waals surface area contributed by atoms with Crippen LogP contribution in [0.1, 0.15) is 83.1 Å². The Balaban J connectivity index is 1.71. The number of hydrogen-bond donors (Lipinski definition) is 10. The van der Waals surface area contributed by atoms with Gasteiger partial charge in [0.25, 0.3) is 0 Å². The van der Waals surface area contributed by atoms with Crippen LogP contribution in [-0.2, 0) is 54.1 Å². The van der Waals surface area contributed by atoms with Crippen LogP contribution in [0.25, 0.3) is 0 Å². The molecular formula is C40H61Cl2FN9O13P. The fourth-order valence-electron chi connectivity index (χ4n) is 7.47. The van der Waals surface area contributed by atoms with Gasteiger partial charge in [0.2, 0.25) is 41.4 Å². The lowest BCUT2D eigenvalue weighted by atomic mass is 9.83. The molecular weight excluding hydrogens is 935 g/mol. The number of nitrogens with zero attached hydrogens (tertiary/aromatic N) is 2. The molecule has 12 N–H and O–H groups in total. The zero-order valence-electron chi connectivity index (χ0n) is 36.6. The van der Waals surface area contributed by atoms with Crippen LogP contribution in [0.4, 0.5) is 10.1 Å². The van der Waals surface area contributed by atoms with Crippen LogP contribution < -0.4 is 37.8 Å². The average molecular weight is 997 g/mol. The number of carbonyl (C=O) groups excluding carboxylic acids is 7. The Labute approximate surface area is 391 Å². The number of benzene rings is 1. The number of primary amides is 1. The summed E-state index contributed by atoms with van der Waals surface area (Å²) < 4.78 is 34.8. The van der Waals surface area contributed by atoms with Gasteiger partial charge in [0.15, 0.2) is 0 Å². The monoisotopic (exact) mass is 995 g/mol. The molecule has 0 spiro atoms. The molecule has 2 aliphatic rings. The molecule has 7 amide bonds. The molecule has 26 heteroatoms. The molecule has 370 valence electrons. The van der Waals surface area contributed by atoms with E-state index in [1.807, 2.05) is 0 Å². The summed E-state index contributed by atoms with van der Waals surface area (Å²) in [4.78, 5) is 104. The molecule has 1 unspecified atom stereocenters. The summed E-state index contributed by atoms with van der Waals surface area (Å²) in [6.45, 7) is -0.153. The van der Waals surface area contributed by atoms with E-state index in [9.17, 15) is 53.1 Å². The van der Waals surface area contributed by atoms with Gasteiger partial charge in [-0.2, -0.15) is 0 Å². The number of β-amino-alcohol motifs (C(OH)–C–C–N with tert-alkyl or cyclic N) is 1. The smallest absolute Gasteiger partial charge is 0.341 e. The van der Waals surface area contributed by atoms with E-state index in [0.717, 1.165) is 17.4 Å². The van der Waals surface area contributed by atoms with E-state index in [4.69, 9.17) is 44.1 Å². The summed E-state index contributed by atoms with van der Waals surface area (Å²) in [6.07, 6.45) is 0.928. The number of likely N-dealkylation sites (tertiary alicyclic amines) is 1. The number of aliphatic hydroxyl groups is 2. The summed E-state index contributed by atoms with van der Waals surface area (Å²) >= 11 is 11.5. The highest BCUT2D eigenvalue weighted by Crippen LogP contribution is 2.43. The number of anilines is 1. The number of halogens is 3. The topological polar surface area (TPSA) is 342 Å². The van der Waals surface area contributed by atoms with Crippen molar-refractivity contribution in [2.75, 3.05) is 43.3 Å². The Hall–Kier alpha value is -4.48. The Bertz CT molecular complexity index is 1930. The highest BCUT2D eigenvalue weighted by atomic mass is 35.5. The van der Waals surface area contributed by atoms with Crippen LogP contribution in [-0.4, -0.2) is 147 Å². The van der Waals surface area contributed by atoms with Crippen LogP contribution in [0, 0.1) is 11.7 Å². The van der Waals surface area contributed by atoms with Crippen molar-refractivity contribution in [2.45, 2.75) is 120 Å². The van der Waals surface area contributed by atoms with E-state index in [1.54, 1.807) is 0 Å². The molecule has 1 aliphatic carbocycles. The van der Waals surface area contributed by atoms with Crippen LogP contribution in [0.3, 0.4) is 0 Å². The average Bonchev–Trinajstić information content (AvgIpc) is 3.67. The van der Waals surface area contributed by atoms with Crippen molar-refractivity contribution >= 4 is 83.9 Å². The second kappa shape index (κ2) is 27.4. The molecule has 0 aromatic heterocycles. The molecule has 1 heterocycles. The lowest BCUT2D eigenvalue weighted by Crippen LogP contribution is -2.60. The maximum absolute atomic E-state index is 15.2. The Morgan fingerprint density at radius 1 is 0.924 bits per heavy atom. The first-order chi connectivity index (χ1) is 31.2. The second-order valence-corrected chi connectivity index (χ2v) is 18.8. The number of alkyl halides is 2. The Morgan fingerprint density at radius 3 is 2.17 bits per heavy atom. The van der Waals surface area contributed by atoms with Crippen molar-refractivity contribution in [3.8, 4) is 0 Å². The van der Waals surface area contributed by atoms with Gasteiger partial charge in [0.05, 0.1) is 19.3 Å². The lowest BCUT2D eigenvalue weighted by Gasteiger charge is -2.32. The highest BCUT2D eigenvalue weighted by molar-refractivity contribution is 7.53. The second-order valence-electron chi connectivity index (χ2n) is 16.1. The number of amides is 7. The van der Waals surface area contributed by atoms with E-state index in [1.165, 1.54) is 23.7 Å². The maximum Gasteiger partial charge on any atom is 0.341 e. The molecule has 1 aromatic rings. The van der Waals surface area contributed by atoms with Crippen molar-refractivity contribution < 1.29 is 67.2 Å². The van der Waals surface area contributed by atoms with E-state index in [2.05, 4.69) is 26.6 Å². The van der Waals surface area contributed by atoms with Gasteiger partial charge in [-0.05, 0) is 50.7 Å². The molecule has 1 aliphatic heterocycles. The predicted molar refractivity (Wildman–Crippen MR) is 238 cm³/mol. The number of aliphatic carboxylic acids is 1. The number of carboxylic acid groups (broad SMARTS) is 1. The first-order valence-electron chi connectivity index (χ1n) is 21.5. The third-order valence-electron chi connectivity index (χ3n) is 11.1. The summed E-state index contributed by atoms with van der Waals surface area (Å²) in [6, 6.07) is -3.37. The highest BCUT2D eigenvalue weighted by Gasteiger charge is 2.40. The molecule has 1 saturated carbocycles. The minimum absolute atomic E-state index is 0.0123. The van der Waals surface area contributed by atoms with Crippen molar-refractivity contribution in [1.29, 1.82) is 0 Å². The van der Waals surface area contributed by atoms with Gasteiger partial charge >= 0.3 is 13.6 Å². The van der Waals surface area contributed by atoms with Gasteiger partial charge in [-0.15, -0.1) is 23.2 Å². The fraction of sp³-hybridized carbons (Fsp3) is 0.650. The molecule has 1 saturated heterocycles. The summed E-state index contributed by atoms with van der Waals surface area (Å²) in [5.41, 5.74) is 11.1. The Kier molecular flexibility index (Phi) is 23.2. The van der Waals surface area contributed by atoms with Crippen LogP contribution in [0.2, 0.25) is 0 Å². The molecule has 66 heavy (non-hydrogen) atoms. The summed E-state index contributed by atoms with van der Waals surface area (Å²) in [5, 5.41) is 41.6. The van der Waals surface area contributed by atoms with Crippen LogP contribution in [0.15, 0.2) is 18.2 Å². The first-order valence-corrected chi connectivity index (χ1v) is 24.2. The zero-order chi connectivity index (χ0) is 49.1. The van der Waals surface area contributed by atoms with E-state index >= 15 is 4.39 Å². The quantitative estimate of drug-likeness (QED) is 0.0414. The van der Waals surface area contributed by atoms with Crippen molar-refractivity contribution in [1.82, 2.24) is 30.8 Å². The van der Waals surface area contributed by atoms with E-state index in [0.29, 0.717) is 25.7 Å². The van der Waals surface area contributed by atoms with Gasteiger partial charge < -0.3 is 57.1 Å². The van der Waals surface area contributed by atoms with Gasteiger partial charge in [0, 0.05) is 68.3 Å². The number of nitrogens with two attached hydrogens (primary N) is 2. The van der Waals surface area contributed by atoms with Crippen molar-refractivity contribution in [2.24, 2.45) is 17.2 Å². The summed E-state index contributed by atoms with van der Waals surface area (Å²) in [7, 11) is -3.91. The largest absolute Gasteiger partial charge is 0.481 e. The van der Waals surface area contributed by atoms with Crippen molar-refractivity contribution in [3.63, 3.8) is 0 Å². The van der Waals surface area contributed by atoms with Gasteiger partial charge in [-0.3, -0.25) is 42.9 Å². The molecule has 0 radical (unpaired) electrons. The minimum atomic E-state index is -3.91. The number of carboxylic acids is 1. The third-order valence-corrected chi connectivity index (χ3v) is 13.1. The number of hydrogen-bond acceptors (Lipinski definition) is 12. The lowest BCUT2D eigenvalue weighted by molar-refractivity contribution is -0.140. The third kappa shape index (κ3) is 17.6. The van der Waals surface area contributed by atoms with Gasteiger partial charge in [-0.1, -0.05) is 25.3 Å². The van der Waals surface area contributed by atoms with Crippen LogP contribution in [0.5, 0.6) is 0 Å². The minimum Gasteiger partial charge on any atom is -0.481 e. The standard InChI is InChI=1S/C40H61Cl2FN9O13P/c1-23(46-39(62)31-19-27(54)20-52(31)33(56)8-5-9-34(57)58)36(59)49-30(21-53)38(61)50-35(24-6-3-2-4-7-24)40(63)48-29(12-13-32(44)55)37(60)47-26-11-10-25(28(43)18-26)22-65-66(45,64)51(16-14-41)17-15-42/h10-11,18,23-24,27,29-31,35,53-54H,2-9,12-17,19-22H2,1H3,(H2,44,55)(H2,45,64)(H,46,62)(H,47,60)(H,48,63)(H,49,59)(H,50,61)(H,57,58)/t23-,27+,29-,30-,31-,35-,66?/m0/s1. The first kappa shape index (κ1) is 55.8. The molecule has 3 rings (SSSR count). The normalized spacial score (nSPS) is 19.1. The van der Waals surface area contributed by atoms with E-state index < -0.39 is 116 Å². The fourth-order valence-corrected chi connectivity index (χ4v) is 9.36. The molecule has 7 atom stereocenters. The molecule has 2 fully saturated rings. The number of carbonyl (C=O) groups is 8. The Morgan fingerprint density at radius 2 is 1.58 bits per heavy atom. The molecule has 0 bridgehead atoms. The zero-order valence-corrected chi connectivity index (χ0v) is 39.0. The van der Waals surface area contributed by atoms with Crippen molar-refractivity contribution in [3.05, 3.63) is 29.6 Å². The number of aliphatic hydroxyl groups excluding tert-OH is 2. The molecule has 1 aromatic carbocycles.